The molecule has 2 fully saturated rings. The van der Waals surface area contributed by atoms with Gasteiger partial charge in [0.2, 0.25) is 11.8 Å². The van der Waals surface area contributed by atoms with Crippen molar-refractivity contribution in [3.8, 4) is 0 Å². The van der Waals surface area contributed by atoms with E-state index < -0.39 is 0 Å². The Bertz CT molecular complexity index is 403. The number of carbonyl (C=O) groups is 2. The minimum absolute atomic E-state index is 0.0831. The highest BCUT2D eigenvalue weighted by molar-refractivity contribution is 5.88. The molecule has 1 atom stereocenters. The van der Waals surface area contributed by atoms with Crippen LogP contribution in [-0.4, -0.2) is 59.9 Å². The lowest BCUT2D eigenvalue weighted by atomic mass is 10.2. The van der Waals surface area contributed by atoms with Crippen molar-refractivity contribution in [1.82, 2.24) is 15.1 Å². The lowest BCUT2D eigenvalue weighted by Crippen LogP contribution is -2.55. The monoisotopic (exact) mass is 279 g/mol. The first-order valence-electron chi connectivity index (χ1n) is 7.45. The zero-order valence-electron chi connectivity index (χ0n) is 12.7. The van der Waals surface area contributed by atoms with Crippen LogP contribution in [-0.2, 0) is 9.59 Å². The molecule has 0 spiro atoms. The van der Waals surface area contributed by atoms with Crippen LogP contribution < -0.4 is 5.32 Å². The van der Waals surface area contributed by atoms with Gasteiger partial charge in [-0.3, -0.25) is 14.5 Å². The largest absolute Gasteiger partial charge is 0.352 e. The quantitative estimate of drug-likeness (QED) is 0.773. The topological polar surface area (TPSA) is 52.7 Å². The van der Waals surface area contributed by atoms with Crippen LogP contribution in [0.4, 0.5) is 0 Å². The van der Waals surface area contributed by atoms with Gasteiger partial charge in [-0.15, -0.1) is 0 Å². The first kappa shape index (κ1) is 15.0. The number of amides is 2. The summed E-state index contributed by atoms with van der Waals surface area (Å²) >= 11 is 0. The van der Waals surface area contributed by atoms with Crippen LogP contribution in [0.15, 0.2) is 11.6 Å². The molecule has 0 bridgehead atoms. The maximum Gasteiger partial charge on any atom is 0.246 e. The minimum atomic E-state index is -0.101. The van der Waals surface area contributed by atoms with E-state index >= 15 is 0 Å². The average Bonchev–Trinajstić information content (AvgIpc) is 3.21. The number of hydrogen-bond donors (Lipinski definition) is 1. The molecule has 1 unspecified atom stereocenters. The fourth-order valence-electron chi connectivity index (χ4n) is 2.38. The fourth-order valence-corrected chi connectivity index (χ4v) is 2.38. The van der Waals surface area contributed by atoms with Gasteiger partial charge in [0.05, 0.1) is 6.04 Å². The van der Waals surface area contributed by atoms with E-state index in [0.717, 1.165) is 31.5 Å². The summed E-state index contributed by atoms with van der Waals surface area (Å²) in [5.74, 6) is 0.205. The third-order valence-electron chi connectivity index (χ3n) is 3.89. The molecule has 5 heteroatoms. The van der Waals surface area contributed by atoms with Crippen LogP contribution in [0.1, 0.15) is 33.6 Å². The Morgan fingerprint density at radius 1 is 1.15 bits per heavy atom. The molecule has 0 aromatic rings. The Labute approximate surface area is 121 Å². The number of piperazine rings is 1. The van der Waals surface area contributed by atoms with E-state index in [2.05, 4.69) is 10.2 Å². The SMILES string of the molecule is CC(C)=CC(=O)N1CCN(C(C)C(=O)NC2CC2)CC1. The van der Waals surface area contributed by atoms with Gasteiger partial charge in [0, 0.05) is 38.3 Å². The van der Waals surface area contributed by atoms with Crippen molar-refractivity contribution in [2.45, 2.75) is 45.7 Å². The standard InChI is InChI=1S/C15H25N3O2/c1-11(2)10-14(19)18-8-6-17(7-9-18)12(3)15(20)16-13-4-5-13/h10,12-13H,4-9H2,1-3H3,(H,16,20). The van der Waals surface area contributed by atoms with Crippen LogP contribution in [0.3, 0.4) is 0 Å². The van der Waals surface area contributed by atoms with Gasteiger partial charge < -0.3 is 10.2 Å². The van der Waals surface area contributed by atoms with Crippen LogP contribution in [0.2, 0.25) is 0 Å². The van der Waals surface area contributed by atoms with E-state index in [0.29, 0.717) is 19.1 Å². The summed E-state index contributed by atoms with van der Waals surface area (Å²) in [6, 6.07) is 0.307. The molecule has 112 valence electrons. The molecule has 20 heavy (non-hydrogen) atoms. The average molecular weight is 279 g/mol. The van der Waals surface area contributed by atoms with E-state index in [-0.39, 0.29) is 17.9 Å². The van der Waals surface area contributed by atoms with Crippen molar-refractivity contribution < 1.29 is 9.59 Å². The maximum absolute atomic E-state index is 12.0. The summed E-state index contributed by atoms with van der Waals surface area (Å²) in [4.78, 5) is 27.9. The number of hydrogen-bond acceptors (Lipinski definition) is 3. The highest BCUT2D eigenvalue weighted by Crippen LogP contribution is 2.19. The van der Waals surface area contributed by atoms with Crippen molar-refractivity contribution in [2.24, 2.45) is 0 Å². The number of nitrogens with one attached hydrogen (secondary N) is 1. The molecule has 1 saturated carbocycles. The Balaban J connectivity index is 1.79. The lowest BCUT2D eigenvalue weighted by molar-refractivity contribution is -0.130. The van der Waals surface area contributed by atoms with Gasteiger partial charge >= 0.3 is 0 Å². The maximum atomic E-state index is 12.0. The highest BCUT2D eigenvalue weighted by Gasteiger charge is 2.30. The minimum Gasteiger partial charge on any atom is -0.352 e. The van der Waals surface area contributed by atoms with Crippen molar-refractivity contribution >= 4 is 11.8 Å². The second-order valence-electron chi connectivity index (χ2n) is 6.04. The van der Waals surface area contributed by atoms with Gasteiger partial charge in [-0.2, -0.15) is 0 Å². The molecular formula is C15H25N3O2. The molecular weight excluding hydrogens is 254 g/mol. The van der Waals surface area contributed by atoms with Gasteiger partial charge in [-0.05, 0) is 33.6 Å². The highest BCUT2D eigenvalue weighted by atomic mass is 16.2. The van der Waals surface area contributed by atoms with Gasteiger partial charge in [0.25, 0.3) is 0 Å². The van der Waals surface area contributed by atoms with E-state index in [1.54, 1.807) is 6.08 Å². The third kappa shape index (κ3) is 4.07. The Kier molecular flexibility index (Phi) is 4.81. The summed E-state index contributed by atoms with van der Waals surface area (Å²) in [6.45, 7) is 8.73. The molecule has 2 amide bonds. The Morgan fingerprint density at radius 2 is 1.75 bits per heavy atom. The van der Waals surface area contributed by atoms with E-state index in [4.69, 9.17) is 0 Å². The molecule has 2 aliphatic rings. The summed E-state index contributed by atoms with van der Waals surface area (Å²) in [5.41, 5.74) is 1.02. The van der Waals surface area contributed by atoms with Crippen LogP contribution in [0, 0.1) is 0 Å². The molecule has 0 aromatic heterocycles. The molecule has 1 saturated heterocycles. The predicted octanol–water partition coefficient (Wildman–Crippen LogP) is 0.764. The molecule has 1 aliphatic heterocycles. The fraction of sp³-hybridized carbons (Fsp3) is 0.733. The summed E-state index contributed by atoms with van der Waals surface area (Å²) in [5, 5.41) is 3.04. The van der Waals surface area contributed by atoms with Crippen molar-refractivity contribution in [3.63, 3.8) is 0 Å². The molecule has 1 heterocycles. The van der Waals surface area contributed by atoms with Crippen molar-refractivity contribution in [3.05, 3.63) is 11.6 Å². The van der Waals surface area contributed by atoms with E-state index in [9.17, 15) is 9.59 Å². The second-order valence-corrected chi connectivity index (χ2v) is 6.04. The summed E-state index contributed by atoms with van der Waals surface area (Å²) in [7, 11) is 0. The Hall–Kier alpha value is -1.36. The van der Waals surface area contributed by atoms with Crippen LogP contribution in [0.25, 0.3) is 0 Å². The predicted molar refractivity (Wildman–Crippen MR) is 78.2 cm³/mol. The van der Waals surface area contributed by atoms with Gasteiger partial charge in [0.15, 0.2) is 0 Å². The molecule has 1 aliphatic carbocycles. The van der Waals surface area contributed by atoms with Crippen molar-refractivity contribution in [1.29, 1.82) is 0 Å². The Morgan fingerprint density at radius 3 is 2.25 bits per heavy atom. The van der Waals surface area contributed by atoms with Crippen molar-refractivity contribution in [2.75, 3.05) is 26.2 Å². The molecule has 2 rings (SSSR count). The lowest BCUT2D eigenvalue weighted by Gasteiger charge is -2.37. The van der Waals surface area contributed by atoms with Crippen LogP contribution >= 0.6 is 0 Å². The first-order valence-corrected chi connectivity index (χ1v) is 7.45. The van der Waals surface area contributed by atoms with Gasteiger partial charge in [-0.1, -0.05) is 5.57 Å². The number of allylic oxidation sites excluding steroid dienone is 1. The third-order valence-corrected chi connectivity index (χ3v) is 3.89. The zero-order chi connectivity index (χ0) is 14.7. The second kappa shape index (κ2) is 6.39. The van der Waals surface area contributed by atoms with E-state index in [1.165, 1.54) is 0 Å². The zero-order valence-corrected chi connectivity index (χ0v) is 12.7. The van der Waals surface area contributed by atoms with Crippen LogP contribution in [0.5, 0.6) is 0 Å². The molecule has 1 N–H and O–H groups in total. The summed E-state index contributed by atoms with van der Waals surface area (Å²) in [6.07, 6.45) is 3.91. The van der Waals surface area contributed by atoms with Gasteiger partial charge in [0.1, 0.15) is 0 Å². The number of nitrogens with zero attached hydrogens (tertiary/aromatic N) is 2. The normalized spacial score (nSPS) is 21.2. The molecule has 0 aromatic carbocycles. The summed E-state index contributed by atoms with van der Waals surface area (Å²) < 4.78 is 0. The van der Waals surface area contributed by atoms with Gasteiger partial charge in [-0.25, -0.2) is 0 Å². The first-order chi connectivity index (χ1) is 9.47. The van der Waals surface area contributed by atoms with E-state index in [1.807, 2.05) is 25.7 Å². The molecule has 0 radical (unpaired) electrons. The smallest absolute Gasteiger partial charge is 0.246 e. The molecule has 5 nitrogen and oxygen atoms in total. The number of carbonyl (C=O) groups excluding carboxylic acids is 2. The number of rotatable bonds is 4.